The molecule has 4 heterocycles. The van der Waals surface area contributed by atoms with Crippen LogP contribution in [0.3, 0.4) is 0 Å². The summed E-state index contributed by atoms with van der Waals surface area (Å²) in [6, 6.07) is 7.91. The van der Waals surface area contributed by atoms with E-state index >= 15 is 0 Å². The fourth-order valence-electron chi connectivity index (χ4n) is 4.60. The van der Waals surface area contributed by atoms with Gasteiger partial charge in [-0.1, -0.05) is 17.7 Å². The highest BCUT2D eigenvalue weighted by atomic mass is 35.5. The Morgan fingerprint density at radius 3 is 2.90 bits per heavy atom. The summed E-state index contributed by atoms with van der Waals surface area (Å²) in [4.78, 5) is 25.7. The van der Waals surface area contributed by atoms with E-state index in [9.17, 15) is 4.79 Å². The Hall–Kier alpha value is -1.89. The summed E-state index contributed by atoms with van der Waals surface area (Å²) in [7, 11) is 2.13. The van der Waals surface area contributed by atoms with Crippen LogP contribution in [0.15, 0.2) is 29.1 Å². The summed E-state index contributed by atoms with van der Waals surface area (Å²) in [5.74, 6) is 0.754. The summed E-state index contributed by atoms with van der Waals surface area (Å²) in [6.45, 7) is 5.02. The number of halogens is 1. The van der Waals surface area contributed by atoms with Crippen molar-refractivity contribution in [1.29, 1.82) is 0 Å². The summed E-state index contributed by atoms with van der Waals surface area (Å²) in [5, 5.41) is 1.42. The molecule has 2 aliphatic heterocycles. The summed E-state index contributed by atoms with van der Waals surface area (Å²) >= 11 is 7.97. The molecule has 7 heteroatoms. The highest BCUT2D eigenvalue weighted by Crippen LogP contribution is 2.35. The topological polar surface area (TPSA) is 41.4 Å². The molecule has 5 rings (SSSR count). The van der Waals surface area contributed by atoms with Gasteiger partial charge >= 0.3 is 0 Å². The molecule has 152 valence electrons. The molecule has 3 aromatic rings. The van der Waals surface area contributed by atoms with Crippen molar-refractivity contribution in [3.05, 3.63) is 50.1 Å². The van der Waals surface area contributed by atoms with Crippen LogP contribution in [0.1, 0.15) is 36.6 Å². The minimum Gasteiger partial charge on any atom is -0.339 e. The first kappa shape index (κ1) is 19.1. The van der Waals surface area contributed by atoms with Gasteiger partial charge in [0.15, 0.2) is 0 Å². The molecule has 0 saturated carbocycles. The van der Waals surface area contributed by atoms with Gasteiger partial charge in [-0.2, -0.15) is 0 Å². The zero-order valence-electron chi connectivity index (χ0n) is 16.8. The van der Waals surface area contributed by atoms with Crippen molar-refractivity contribution in [2.24, 2.45) is 0 Å². The van der Waals surface area contributed by atoms with Crippen LogP contribution in [-0.4, -0.2) is 40.6 Å². The second kappa shape index (κ2) is 7.42. The Morgan fingerprint density at radius 2 is 2.10 bits per heavy atom. The van der Waals surface area contributed by atoms with Crippen LogP contribution < -0.4 is 10.5 Å². The lowest BCUT2D eigenvalue weighted by Gasteiger charge is -2.35. The molecule has 0 bridgehead atoms. The van der Waals surface area contributed by atoms with Crippen molar-refractivity contribution in [1.82, 2.24) is 14.5 Å². The van der Waals surface area contributed by atoms with Gasteiger partial charge in [0, 0.05) is 35.6 Å². The summed E-state index contributed by atoms with van der Waals surface area (Å²) < 4.78 is 1.79. The van der Waals surface area contributed by atoms with E-state index < -0.39 is 0 Å². The predicted molar refractivity (Wildman–Crippen MR) is 121 cm³/mol. The van der Waals surface area contributed by atoms with Gasteiger partial charge < -0.3 is 9.80 Å². The Balaban J connectivity index is 1.80. The molecule has 5 nitrogen and oxygen atoms in total. The van der Waals surface area contributed by atoms with Crippen molar-refractivity contribution in [3.63, 3.8) is 0 Å². The van der Waals surface area contributed by atoms with Crippen LogP contribution in [0, 0.1) is 0 Å². The van der Waals surface area contributed by atoms with Crippen LogP contribution >= 0.6 is 22.9 Å². The first-order valence-electron chi connectivity index (χ1n) is 10.3. The lowest BCUT2D eigenvalue weighted by Crippen LogP contribution is -2.41. The molecule has 2 aliphatic rings. The molecule has 29 heavy (non-hydrogen) atoms. The van der Waals surface area contributed by atoms with E-state index in [1.165, 1.54) is 16.9 Å². The summed E-state index contributed by atoms with van der Waals surface area (Å²) in [6.07, 6.45) is 4.37. The monoisotopic (exact) mass is 428 g/mol. The second-order valence-electron chi connectivity index (χ2n) is 8.24. The minimum atomic E-state index is 0.0343. The normalized spacial score (nSPS) is 20.2. The molecule has 1 saturated heterocycles. The van der Waals surface area contributed by atoms with Crippen molar-refractivity contribution in [2.45, 2.75) is 45.2 Å². The van der Waals surface area contributed by atoms with E-state index in [0.29, 0.717) is 11.1 Å². The number of piperidine rings is 1. The zero-order valence-corrected chi connectivity index (χ0v) is 18.4. The number of hydrogen-bond acceptors (Lipinski definition) is 5. The minimum absolute atomic E-state index is 0.0343. The van der Waals surface area contributed by atoms with Crippen LogP contribution in [-0.2, 0) is 13.0 Å². The van der Waals surface area contributed by atoms with E-state index in [-0.39, 0.29) is 5.56 Å². The zero-order chi connectivity index (χ0) is 20.1. The number of hydrogen-bond donors (Lipinski definition) is 0. The van der Waals surface area contributed by atoms with E-state index in [0.717, 1.165) is 60.7 Å². The first-order chi connectivity index (χ1) is 14.0. The van der Waals surface area contributed by atoms with Gasteiger partial charge in [0.25, 0.3) is 5.56 Å². The molecule has 1 atom stereocenters. The molecule has 0 N–H and O–H groups in total. The number of rotatable bonds is 2. The molecular weight excluding hydrogens is 404 g/mol. The molecule has 0 aliphatic carbocycles. The molecular formula is C22H25ClN4OS. The maximum atomic E-state index is 13.9. The van der Waals surface area contributed by atoms with Gasteiger partial charge in [0.05, 0.1) is 11.1 Å². The first-order valence-corrected chi connectivity index (χ1v) is 11.5. The second-order valence-corrected chi connectivity index (χ2v) is 9.76. The van der Waals surface area contributed by atoms with E-state index in [1.807, 2.05) is 24.3 Å². The third-order valence-electron chi connectivity index (χ3n) is 6.17. The number of likely N-dealkylation sites (N-methyl/N-ethyl adjacent to an activating group) is 1. The largest absolute Gasteiger partial charge is 0.339 e. The van der Waals surface area contributed by atoms with Crippen LogP contribution in [0.25, 0.3) is 15.9 Å². The van der Waals surface area contributed by atoms with Gasteiger partial charge in [-0.05, 0) is 63.4 Å². The number of nitrogens with zero attached hydrogens (tertiary/aromatic N) is 4. The SMILES string of the molecule is CC1CCCCN1c1nc2sc3c(c2c(=O)n1-c1cccc(Cl)c1)CCN(C)C3. The van der Waals surface area contributed by atoms with E-state index in [1.54, 1.807) is 15.9 Å². The highest BCUT2D eigenvalue weighted by Gasteiger charge is 2.28. The average molecular weight is 429 g/mol. The molecule has 1 fully saturated rings. The van der Waals surface area contributed by atoms with Crippen molar-refractivity contribution in [3.8, 4) is 5.69 Å². The third-order valence-corrected chi connectivity index (χ3v) is 7.52. The van der Waals surface area contributed by atoms with E-state index in [2.05, 4.69) is 23.8 Å². The fourth-order valence-corrected chi connectivity index (χ4v) is 6.07. The number of fused-ring (bicyclic) bond motifs is 3. The maximum Gasteiger partial charge on any atom is 0.268 e. The molecule has 0 spiro atoms. The molecule has 2 aromatic heterocycles. The van der Waals surface area contributed by atoms with Crippen molar-refractivity contribution >= 4 is 39.1 Å². The molecule has 1 aromatic carbocycles. The van der Waals surface area contributed by atoms with Gasteiger partial charge in [-0.3, -0.25) is 4.79 Å². The number of aromatic nitrogens is 2. The summed E-state index contributed by atoms with van der Waals surface area (Å²) in [5.41, 5.74) is 2.01. The Labute approximate surface area is 179 Å². The smallest absolute Gasteiger partial charge is 0.268 e. The van der Waals surface area contributed by atoms with Gasteiger partial charge in [-0.25, -0.2) is 9.55 Å². The average Bonchev–Trinajstić information content (AvgIpc) is 3.05. The van der Waals surface area contributed by atoms with Crippen molar-refractivity contribution < 1.29 is 0 Å². The standard InChI is InChI=1S/C22H25ClN4OS/c1-14-6-3-4-10-26(14)22-24-20-19(17-9-11-25(2)13-18(17)29-20)21(28)27(22)16-8-5-7-15(23)12-16/h5,7-8,12,14H,3-4,6,9-11,13H2,1-2H3. The number of thiophene rings is 1. The third kappa shape index (κ3) is 3.27. The molecule has 0 amide bonds. The number of benzene rings is 1. The molecule has 0 radical (unpaired) electrons. The van der Waals surface area contributed by atoms with Crippen LogP contribution in [0.5, 0.6) is 0 Å². The van der Waals surface area contributed by atoms with Gasteiger partial charge in [0.1, 0.15) is 4.83 Å². The predicted octanol–water partition coefficient (Wildman–Crippen LogP) is 4.47. The van der Waals surface area contributed by atoms with Crippen molar-refractivity contribution in [2.75, 3.05) is 25.0 Å². The van der Waals surface area contributed by atoms with E-state index in [4.69, 9.17) is 16.6 Å². The quantitative estimate of drug-likeness (QED) is 0.604. The van der Waals surface area contributed by atoms with Crippen LogP contribution in [0.2, 0.25) is 5.02 Å². The maximum absolute atomic E-state index is 13.9. The van der Waals surface area contributed by atoms with Gasteiger partial charge in [-0.15, -0.1) is 11.3 Å². The fraction of sp³-hybridized carbons (Fsp3) is 0.455. The molecule has 1 unspecified atom stereocenters. The highest BCUT2D eigenvalue weighted by molar-refractivity contribution is 7.18. The Bertz CT molecular complexity index is 1140. The van der Waals surface area contributed by atoms with Gasteiger partial charge in [0.2, 0.25) is 5.95 Å². The Kier molecular flexibility index (Phi) is 4.88. The van der Waals surface area contributed by atoms with Crippen LogP contribution in [0.4, 0.5) is 5.95 Å². The lowest BCUT2D eigenvalue weighted by atomic mass is 10.0. The number of anilines is 1. The lowest BCUT2D eigenvalue weighted by molar-refractivity contribution is 0.318. The Morgan fingerprint density at radius 1 is 1.24 bits per heavy atom.